The predicted molar refractivity (Wildman–Crippen MR) is 124 cm³/mol. The molecule has 1 N–H and O–H groups in total. The van der Waals surface area contributed by atoms with Gasteiger partial charge in [-0.1, -0.05) is 58.0 Å². The molecule has 0 unspecified atom stereocenters. The van der Waals surface area contributed by atoms with E-state index in [1.165, 1.54) is 18.0 Å². The number of nitrogens with one attached hydrogen (secondary N) is 1. The van der Waals surface area contributed by atoms with Crippen LogP contribution in [0.2, 0.25) is 0 Å². The Hall–Kier alpha value is -3.17. The molecular formula is C22H18BrN5O2S. The number of hydrazone groups is 1. The summed E-state index contributed by atoms with van der Waals surface area (Å²) in [6, 6.07) is 21.3. The number of carbonyl (C=O) groups excluding carboxylic acids is 1. The van der Waals surface area contributed by atoms with Crippen LogP contribution in [0.1, 0.15) is 11.5 Å². The summed E-state index contributed by atoms with van der Waals surface area (Å²) < 4.78 is 8.27. The van der Waals surface area contributed by atoms with E-state index in [1.54, 1.807) is 6.07 Å². The number of amides is 1. The summed E-state index contributed by atoms with van der Waals surface area (Å²) in [6.07, 6.45) is 1.47. The first-order chi connectivity index (χ1) is 15.1. The zero-order valence-electron chi connectivity index (χ0n) is 16.5. The monoisotopic (exact) mass is 495 g/mol. The van der Waals surface area contributed by atoms with Crippen molar-refractivity contribution in [1.82, 2.24) is 20.2 Å². The summed E-state index contributed by atoms with van der Waals surface area (Å²) in [5.74, 6) is 1.94. The number of carbonyl (C=O) groups is 1. The smallest absolute Gasteiger partial charge is 0.250 e. The van der Waals surface area contributed by atoms with Crippen molar-refractivity contribution in [3.63, 3.8) is 0 Å². The van der Waals surface area contributed by atoms with E-state index in [4.69, 9.17) is 4.42 Å². The van der Waals surface area contributed by atoms with Crippen molar-refractivity contribution in [2.75, 3.05) is 5.75 Å². The summed E-state index contributed by atoms with van der Waals surface area (Å²) >= 11 is 4.79. The van der Waals surface area contributed by atoms with Crippen LogP contribution >= 0.6 is 27.7 Å². The molecule has 0 radical (unpaired) electrons. The number of nitrogens with zero attached hydrogens (tertiary/aromatic N) is 4. The van der Waals surface area contributed by atoms with E-state index in [0.29, 0.717) is 16.7 Å². The summed E-state index contributed by atoms with van der Waals surface area (Å²) in [7, 11) is 0. The maximum absolute atomic E-state index is 12.2. The van der Waals surface area contributed by atoms with Crippen molar-refractivity contribution in [2.45, 2.75) is 12.1 Å². The van der Waals surface area contributed by atoms with Crippen molar-refractivity contribution >= 4 is 39.8 Å². The number of halogens is 1. The lowest BCUT2D eigenvalue weighted by Crippen LogP contribution is -2.19. The molecular weight excluding hydrogens is 478 g/mol. The van der Waals surface area contributed by atoms with Crippen molar-refractivity contribution in [2.24, 2.45) is 5.10 Å². The van der Waals surface area contributed by atoms with Gasteiger partial charge in [0.05, 0.1) is 12.0 Å². The highest BCUT2D eigenvalue weighted by molar-refractivity contribution is 9.10. The number of furan rings is 1. The first kappa shape index (κ1) is 21.1. The number of para-hydroxylation sites is 1. The lowest BCUT2D eigenvalue weighted by atomic mass is 10.2. The highest BCUT2D eigenvalue weighted by Crippen LogP contribution is 2.29. The third-order valence-corrected chi connectivity index (χ3v) is 5.63. The van der Waals surface area contributed by atoms with Crippen LogP contribution < -0.4 is 5.43 Å². The quantitative estimate of drug-likeness (QED) is 0.225. The average molecular weight is 496 g/mol. The van der Waals surface area contributed by atoms with Crippen LogP contribution in [0.15, 0.2) is 85.9 Å². The molecule has 0 aliphatic heterocycles. The maximum atomic E-state index is 12.2. The average Bonchev–Trinajstić information content (AvgIpc) is 3.39. The van der Waals surface area contributed by atoms with Gasteiger partial charge in [-0.15, -0.1) is 10.2 Å². The molecule has 9 heteroatoms. The Morgan fingerprint density at radius 1 is 1.16 bits per heavy atom. The molecule has 4 rings (SSSR count). The molecule has 4 aromatic rings. The van der Waals surface area contributed by atoms with Gasteiger partial charge in [0.15, 0.2) is 11.0 Å². The Morgan fingerprint density at radius 2 is 2.00 bits per heavy atom. The molecule has 0 aliphatic rings. The van der Waals surface area contributed by atoms with Gasteiger partial charge in [0.25, 0.3) is 5.91 Å². The first-order valence-corrected chi connectivity index (χ1v) is 11.2. The summed E-state index contributed by atoms with van der Waals surface area (Å²) in [4.78, 5) is 12.2. The van der Waals surface area contributed by atoms with E-state index in [2.05, 4.69) is 36.7 Å². The first-order valence-electron chi connectivity index (χ1n) is 9.38. The largest absolute Gasteiger partial charge is 0.460 e. The molecule has 156 valence electrons. The van der Waals surface area contributed by atoms with Crippen molar-refractivity contribution in [3.05, 3.63) is 82.7 Å². The van der Waals surface area contributed by atoms with Crippen LogP contribution in [-0.2, 0) is 4.79 Å². The Labute approximate surface area is 191 Å². The van der Waals surface area contributed by atoms with Gasteiger partial charge in [0.2, 0.25) is 0 Å². The minimum Gasteiger partial charge on any atom is -0.460 e. The van der Waals surface area contributed by atoms with Gasteiger partial charge in [-0.05, 0) is 43.3 Å². The van der Waals surface area contributed by atoms with Crippen molar-refractivity contribution in [3.8, 4) is 17.1 Å². The normalized spacial score (nSPS) is 11.2. The van der Waals surface area contributed by atoms with E-state index in [1.807, 2.05) is 72.2 Å². The molecule has 0 saturated carbocycles. The molecule has 31 heavy (non-hydrogen) atoms. The second-order valence-electron chi connectivity index (χ2n) is 6.52. The number of aromatic nitrogens is 3. The number of rotatable bonds is 7. The van der Waals surface area contributed by atoms with E-state index in [9.17, 15) is 4.79 Å². The van der Waals surface area contributed by atoms with Crippen LogP contribution in [0.4, 0.5) is 0 Å². The molecule has 0 atom stereocenters. The summed E-state index contributed by atoms with van der Waals surface area (Å²) in [6.45, 7) is 1.85. The Balaban J connectivity index is 1.51. The third-order valence-electron chi connectivity index (χ3n) is 4.21. The summed E-state index contributed by atoms with van der Waals surface area (Å²) in [5, 5.41) is 13.3. The van der Waals surface area contributed by atoms with Crippen molar-refractivity contribution in [1.29, 1.82) is 0 Å². The maximum Gasteiger partial charge on any atom is 0.250 e. The molecule has 0 spiro atoms. The number of hydrogen-bond acceptors (Lipinski definition) is 6. The Morgan fingerprint density at radius 3 is 2.74 bits per heavy atom. The van der Waals surface area contributed by atoms with Crippen LogP contribution in [0.5, 0.6) is 0 Å². The van der Waals surface area contributed by atoms with Crippen LogP contribution in [-0.4, -0.2) is 32.6 Å². The molecule has 0 fully saturated rings. The highest BCUT2D eigenvalue weighted by Gasteiger charge is 2.17. The predicted octanol–water partition coefficient (Wildman–Crippen LogP) is 4.84. The van der Waals surface area contributed by atoms with E-state index in [0.717, 1.165) is 21.5 Å². The lowest BCUT2D eigenvalue weighted by Gasteiger charge is -2.10. The van der Waals surface area contributed by atoms with Crippen LogP contribution in [0.3, 0.4) is 0 Å². The fourth-order valence-corrected chi connectivity index (χ4v) is 3.98. The molecule has 0 bridgehead atoms. The Kier molecular flexibility index (Phi) is 6.63. The van der Waals surface area contributed by atoms with E-state index < -0.39 is 0 Å². The Bertz CT molecular complexity index is 1220. The number of benzene rings is 2. The fourth-order valence-electron chi connectivity index (χ4n) is 2.84. The van der Waals surface area contributed by atoms with Gasteiger partial charge in [0.1, 0.15) is 11.5 Å². The van der Waals surface area contributed by atoms with Gasteiger partial charge in [-0.3, -0.25) is 9.36 Å². The van der Waals surface area contributed by atoms with Crippen LogP contribution in [0, 0.1) is 6.92 Å². The minimum atomic E-state index is -0.254. The zero-order valence-corrected chi connectivity index (χ0v) is 18.9. The molecule has 1 amide bonds. The molecule has 2 heterocycles. The second kappa shape index (κ2) is 9.76. The van der Waals surface area contributed by atoms with E-state index in [-0.39, 0.29) is 11.7 Å². The van der Waals surface area contributed by atoms with Gasteiger partial charge >= 0.3 is 0 Å². The molecule has 2 aromatic heterocycles. The second-order valence-corrected chi connectivity index (χ2v) is 8.38. The number of hydrogen-bond donors (Lipinski definition) is 1. The number of aryl methyl sites for hydroxylation is 1. The molecule has 2 aromatic carbocycles. The van der Waals surface area contributed by atoms with Crippen LogP contribution in [0.25, 0.3) is 17.1 Å². The number of thioether (sulfide) groups is 1. The van der Waals surface area contributed by atoms with Gasteiger partial charge in [-0.25, -0.2) is 5.43 Å². The minimum absolute atomic E-state index is 0.137. The fraction of sp³-hybridized carbons (Fsp3) is 0.0909. The standard InChI is InChI=1S/C22H18BrN5O2S/c1-15-10-11-19(30-15)13-24-25-20(29)14-31-22-27-26-21(16-6-5-7-17(23)12-16)28(22)18-8-3-2-4-9-18/h2-13H,14H2,1H3,(H,25,29). The topological polar surface area (TPSA) is 85.3 Å². The molecule has 0 saturated heterocycles. The van der Waals surface area contributed by atoms with Gasteiger partial charge in [0, 0.05) is 15.7 Å². The zero-order chi connectivity index (χ0) is 21.6. The summed E-state index contributed by atoms with van der Waals surface area (Å²) in [5.41, 5.74) is 4.33. The SMILES string of the molecule is Cc1ccc(C=NNC(=O)CSc2nnc(-c3cccc(Br)c3)n2-c2ccccc2)o1. The van der Waals surface area contributed by atoms with Crippen molar-refractivity contribution < 1.29 is 9.21 Å². The van der Waals surface area contributed by atoms with E-state index >= 15 is 0 Å². The van der Waals surface area contributed by atoms with Gasteiger partial charge < -0.3 is 4.42 Å². The van der Waals surface area contributed by atoms with Gasteiger partial charge in [-0.2, -0.15) is 5.10 Å². The highest BCUT2D eigenvalue weighted by atomic mass is 79.9. The molecule has 0 aliphatic carbocycles. The molecule has 7 nitrogen and oxygen atoms in total. The lowest BCUT2D eigenvalue weighted by molar-refractivity contribution is -0.118. The third kappa shape index (κ3) is 5.31.